The molecule has 0 saturated carbocycles. The molecule has 0 bridgehead atoms. The fraction of sp³-hybridized carbons (Fsp3) is 0.172. The Hall–Kier alpha value is -3.72. The number of anilines is 4. The summed E-state index contributed by atoms with van der Waals surface area (Å²) >= 11 is 6.49. The maximum absolute atomic E-state index is 12.0. The van der Waals surface area contributed by atoms with E-state index >= 15 is 0 Å². The van der Waals surface area contributed by atoms with Crippen LogP contribution in [0.5, 0.6) is 23.0 Å². The van der Waals surface area contributed by atoms with E-state index in [-0.39, 0.29) is 0 Å². The number of hydrogen-bond acceptors (Lipinski definition) is 7. The topological polar surface area (TPSA) is 68.3 Å². The predicted molar refractivity (Wildman–Crippen MR) is 149 cm³/mol. The van der Waals surface area contributed by atoms with E-state index in [1.807, 2.05) is 83.8 Å². The molecule has 0 radical (unpaired) electrons. The first-order chi connectivity index (χ1) is 18.5. The molecule has 0 saturated heterocycles. The number of fused-ring (bicyclic) bond motifs is 4. The summed E-state index contributed by atoms with van der Waals surface area (Å²) in [6, 6.07) is 26.7. The van der Waals surface area contributed by atoms with Crippen LogP contribution in [-0.4, -0.2) is 21.2 Å². The van der Waals surface area contributed by atoms with Crippen LogP contribution < -0.4 is 19.3 Å². The fourth-order valence-electron chi connectivity index (χ4n) is 5.12. The summed E-state index contributed by atoms with van der Waals surface area (Å²) in [5, 5.41) is 0.501. The Morgan fingerprint density at radius 1 is 0.816 bits per heavy atom. The zero-order valence-electron chi connectivity index (χ0n) is 20.5. The Morgan fingerprint density at radius 3 is 2.24 bits per heavy atom. The molecule has 0 amide bonds. The van der Waals surface area contributed by atoms with Crippen LogP contribution in [0.15, 0.2) is 84.9 Å². The van der Waals surface area contributed by atoms with E-state index < -0.39 is 17.2 Å². The molecule has 2 aliphatic heterocycles. The zero-order valence-corrected chi connectivity index (χ0v) is 22.2. The normalized spacial score (nSPS) is 14.1. The number of rotatable bonds is 7. The maximum atomic E-state index is 12.0. The molecule has 2 aliphatic rings. The van der Waals surface area contributed by atoms with Crippen LogP contribution in [0.3, 0.4) is 0 Å². The van der Waals surface area contributed by atoms with Gasteiger partial charge in [0.25, 0.3) is 11.0 Å². The Morgan fingerprint density at radius 2 is 1.47 bits per heavy atom. The quantitative estimate of drug-likeness (QED) is 0.242. The van der Waals surface area contributed by atoms with Crippen LogP contribution in [0, 0.1) is 0 Å². The Balaban J connectivity index is 1.43. The summed E-state index contributed by atoms with van der Waals surface area (Å²) in [6.45, 7) is 2.49. The molecule has 7 nitrogen and oxygen atoms in total. The van der Waals surface area contributed by atoms with E-state index in [1.165, 1.54) is 0 Å². The smallest absolute Gasteiger partial charge is 0.259 e. The van der Waals surface area contributed by atoms with Crippen LogP contribution in [-0.2, 0) is 21.6 Å². The van der Waals surface area contributed by atoms with Gasteiger partial charge in [0.1, 0.15) is 0 Å². The van der Waals surface area contributed by atoms with Crippen LogP contribution >= 0.6 is 11.6 Å². The molecule has 1 unspecified atom stereocenters. The van der Waals surface area contributed by atoms with Gasteiger partial charge >= 0.3 is 0 Å². The molecule has 0 aromatic heterocycles. The zero-order chi connectivity index (χ0) is 26.2. The highest BCUT2D eigenvalue weighted by atomic mass is 35.5. The van der Waals surface area contributed by atoms with Gasteiger partial charge in [-0.25, -0.2) is 12.6 Å². The van der Waals surface area contributed by atoms with Crippen molar-refractivity contribution in [3.8, 4) is 23.0 Å². The number of ether oxygens (including phenoxy) is 2. The first kappa shape index (κ1) is 24.6. The monoisotopic (exact) mass is 548 g/mol. The van der Waals surface area contributed by atoms with Crippen molar-refractivity contribution >= 4 is 45.3 Å². The van der Waals surface area contributed by atoms with Gasteiger partial charge in [0, 0.05) is 13.0 Å². The SMILES string of the molecule is CCc1cccc2c1N(C(CCN1c3ccccc3Oc3c(Cl)cccc31)O[SH](=O)=O)c1ccccc1O2. The number of aryl methyl sites for hydroxylation is 1. The molecule has 0 N–H and O–H groups in total. The van der Waals surface area contributed by atoms with Gasteiger partial charge in [-0.15, -0.1) is 0 Å². The van der Waals surface area contributed by atoms with Crippen LogP contribution in [0.4, 0.5) is 22.7 Å². The molecule has 4 aromatic carbocycles. The van der Waals surface area contributed by atoms with Gasteiger partial charge in [0.15, 0.2) is 29.2 Å². The summed E-state index contributed by atoms with van der Waals surface area (Å²) < 4.78 is 42.0. The first-order valence-electron chi connectivity index (χ1n) is 12.4. The van der Waals surface area contributed by atoms with Crippen molar-refractivity contribution in [2.45, 2.75) is 26.0 Å². The van der Waals surface area contributed by atoms with Gasteiger partial charge < -0.3 is 19.3 Å². The van der Waals surface area contributed by atoms with Gasteiger partial charge in [0.2, 0.25) is 0 Å². The van der Waals surface area contributed by atoms with Crippen molar-refractivity contribution in [2.75, 3.05) is 16.3 Å². The van der Waals surface area contributed by atoms with Crippen LogP contribution in [0.25, 0.3) is 0 Å². The van der Waals surface area contributed by atoms with Crippen molar-refractivity contribution in [3.63, 3.8) is 0 Å². The number of nitrogens with zero attached hydrogens (tertiary/aromatic N) is 2. The summed E-state index contributed by atoms with van der Waals surface area (Å²) in [4.78, 5) is 4.04. The highest BCUT2D eigenvalue weighted by molar-refractivity contribution is 7.67. The lowest BCUT2D eigenvalue weighted by molar-refractivity contribution is 0.213. The molecule has 0 spiro atoms. The second-order valence-electron chi connectivity index (χ2n) is 8.94. The van der Waals surface area contributed by atoms with E-state index in [0.717, 1.165) is 34.7 Å². The summed E-state index contributed by atoms with van der Waals surface area (Å²) in [5.41, 5.74) is 4.25. The molecule has 194 valence electrons. The third-order valence-electron chi connectivity index (χ3n) is 6.75. The van der Waals surface area contributed by atoms with Crippen molar-refractivity contribution < 1.29 is 22.1 Å². The number of benzene rings is 4. The second-order valence-corrected chi connectivity index (χ2v) is 10.0. The van der Waals surface area contributed by atoms with Crippen molar-refractivity contribution in [3.05, 3.63) is 95.5 Å². The second kappa shape index (κ2) is 10.2. The highest BCUT2D eigenvalue weighted by Crippen LogP contribution is 2.51. The highest BCUT2D eigenvalue weighted by Gasteiger charge is 2.34. The minimum Gasteiger partial charge on any atom is -0.453 e. The van der Waals surface area contributed by atoms with Crippen molar-refractivity contribution in [1.29, 1.82) is 0 Å². The molecular formula is C29H25ClN2O5S. The summed E-state index contributed by atoms with van der Waals surface area (Å²) in [7, 11) is -3.14. The third kappa shape index (κ3) is 4.34. The molecule has 6 rings (SSSR count). The third-order valence-corrected chi connectivity index (χ3v) is 7.46. The lowest BCUT2D eigenvalue weighted by Gasteiger charge is -2.39. The lowest BCUT2D eigenvalue weighted by Crippen LogP contribution is -2.38. The van der Waals surface area contributed by atoms with E-state index in [2.05, 4.69) is 11.8 Å². The average molecular weight is 549 g/mol. The minimum absolute atomic E-state index is 0.343. The number of para-hydroxylation sites is 6. The maximum Gasteiger partial charge on any atom is 0.259 e. The van der Waals surface area contributed by atoms with Gasteiger partial charge in [-0.2, -0.15) is 0 Å². The largest absolute Gasteiger partial charge is 0.453 e. The molecule has 2 heterocycles. The van der Waals surface area contributed by atoms with Crippen LogP contribution in [0.2, 0.25) is 5.02 Å². The van der Waals surface area contributed by atoms with E-state index in [1.54, 1.807) is 6.07 Å². The number of hydrogen-bond donors (Lipinski definition) is 1. The summed E-state index contributed by atoms with van der Waals surface area (Å²) in [6.07, 6.45) is 0.254. The predicted octanol–water partition coefficient (Wildman–Crippen LogP) is 7.35. The standard InChI is InChI=1S/C29H25ClN2O5S/c1-2-19-9-7-16-26-28(19)32(22-12-4-6-15-25(22)35-26)27(37-38(33)34)17-18-31-21-11-3-5-14-24(21)36-29-20(30)10-8-13-23(29)31/h3-16,27,38H,2,17-18H2,1H3. The number of thiol groups is 1. The molecule has 38 heavy (non-hydrogen) atoms. The minimum atomic E-state index is -3.14. The van der Waals surface area contributed by atoms with Crippen molar-refractivity contribution in [2.24, 2.45) is 0 Å². The molecule has 1 atom stereocenters. The van der Waals surface area contributed by atoms with Crippen molar-refractivity contribution in [1.82, 2.24) is 0 Å². The Labute approximate surface area is 227 Å². The van der Waals surface area contributed by atoms with Gasteiger partial charge in [-0.05, 0) is 54.4 Å². The molecule has 0 aliphatic carbocycles. The Kier molecular flexibility index (Phi) is 6.61. The fourth-order valence-corrected chi connectivity index (χ4v) is 5.72. The number of halogens is 1. The van der Waals surface area contributed by atoms with Gasteiger partial charge in [0.05, 0.1) is 27.8 Å². The van der Waals surface area contributed by atoms with Gasteiger partial charge in [-0.3, -0.25) is 0 Å². The van der Waals surface area contributed by atoms with Crippen LogP contribution in [0.1, 0.15) is 18.9 Å². The molecular weight excluding hydrogens is 524 g/mol. The van der Waals surface area contributed by atoms with E-state index in [9.17, 15) is 8.42 Å². The molecule has 9 heteroatoms. The van der Waals surface area contributed by atoms with E-state index in [4.69, 9.17) is 25.3 Å². The van der Waals surface area contributed by atoms with Gasteiger partial charge in [-0.1, -0.05) is 61.0 Å². The average Bonchev–Trinajstić information content (AvgIpc) is 2.93. The lowest BCUT2D eigenvalue weighted by atomic mass is 10.0. The van der Waals surface area contributed by atoms with E-state index in [0.29, 0.717) is 41.0 Å². The molecule has 0 fully saturated rings. The first-order valence-corrected chi connectivity index (χ1v) is 13.8. The molecule has 4 aromatic rings. The Bertz CT molecular complexity index is 1580. The summed E-state index contributed by atoms with van der Waals surface area (Å²) in [5.74, 6) is 2.54.